The van der Waals surface area contributed by atoms with Crippen molar-refractivity contribution in [3.8, 4) is 11.6 Å². The second-order valence-electron chi connectivity index (χ2n) is 7.33. The standard InChI is InChI=1S/C24H19Cl2N3O4/c1-13-8-18(14(2)29(13)17-6-4-15(5-7-17)24(31)32-3)21(30)11-33-23-19-9-16(25)10-20(26)22(19)27-12-28-23/h4-10,12H,11H2,1-3H3. The molecule has 0 saturated heterocycles. The highest BCUT2D eigenvalue weighted by atomic mass is 35.5. The number of nitrogens with zero attached hydrogens (tertiary/aromatic N) is 3. The molecule has 0 aliphatic heterocycles. The lowest BCUT2D eigenvalue weighted by Gasteiger charge is -2.11. The van der Waals surface area contributed by atoms with E-state index in [4.69, 9.17) is 32.7 Å². The molecule has 4 rings (SSSR count). The van der Waals surface area contributed by atoms with Crippen molar-refractivity contribution in [2.24, 2.45) is 0 Å². The van der Waals surface area contributed by atoms with Crippen LogP contribution in [0.4, 0.5) is 0 Å². The third-order valence-electron chi connectivity index (χ3n) is 5.24. The van der Waals surface area contributed by atoms with Crippen LogP contribution >= 0.6 is 23.2 Å². The van der Waals surface area contributed by atoms with Gasteiger partial charge in [-0.1, -0.05) is 23.2 Å². The van der Waals surface area contributed by atoms with Crippen LogP contribution in [0.2, 0.25) is 10.0 Å². The second kappa shape index (κ2) is 9.21. The second-order valence-corrected chi connectivity index (χ2v) is 8.18. The zero-order chi connectivity index (χ0) is 23.7. The lowest BCUT2D eigenvalue weighted by molar-refractivity contribution is 0.0600. The van der Waals surface area contributed by atoms with E-state index in [0.29, 0.717) is 32.1 Å². The van der Waals surface area contributed by atoms with E-state index in [-0.39, 0.29) is 18.3 Å². The van der Waals surface area contributed by atoms with Crippen LogP contribution in [0.3, 0.4) is 0 Å². The van der Waals surface area contributed by atoms with Gasteiger partial charge in [0.25, 0.3) is 0 Å². The van der Waals surface area contributed by atoms with Crippen molar-refractivity contribution in [2.45, 2.75) is 13.8 Å². The van der Waals surface area contributed by atoms with Crippen molar-refractivity contribution in [3.63, 3.8) is 0 Å². The maximum absolute atomic E-state index is 13.0. The summed E-state index contributed by atoms with van der Waals surface area (Å²) >= 11 is 12.3. The van der Waals surface area contributed by atoms with Gasteiger partial charge in [0.2, 0.25) is 11.7 Å². The largest absolute Gasteiger partial charge is 0.469 e. The maximum atomic E-state index is 13.0. The van der Waals surface area contributed by atoms with Crippen molar-refractivity contribution in [1.82, 2.24) is 14.5 Å². The van der Waals surface area contributed by atoms with Crippen LogP contribution in [0, 0.1) is 13.8 Å². The molecule has 0 aliphatic carbocycles. The fourth-order valence-corrected chi connectivity index (χ4v) is 4.24. The third-order valence-corrected chi connectivity index (χ3v) is 5.74. The van der Waals surface area contributed by atoms with Crippen molar-refractivity contribution in [2.75, 3.05) is 13.7 Å². The number of rotatable bonds is 6. The molecule has 0 spiro atoms. The van der Waals surface area contributed by atoms with E-state index in [0.717, 1.165) is 17.1 Å². The van der Waals surface area contributed by atoms with E-state index in [1.54, 1.807) is 42.5 Å². The van der Waals surface area contributed by atoms with Crippen LogP contribution in [0.25, 0.3) is 16.6 Å². The van der Waals surface area contributed by atoms with Gasteiger partial charge in [0.15, 0.2) is 6.61 Å². The minimum Gasteiger partial charge on any atom is -0.469 e. The Morgan fingerprint density at radius 1 is 1.03 bits per heavy atom. The van der Waals surface area contributed by atoms with Crippen molar-refractivity contribution in [3.05, 3.63) is 81.4 Å². The summed E-state index contributed by atoms with van der Waals surface area (Å²) < 4.78 is 12.4. The molecule has 2 aromatic heterocycles. The number of carbonyl (C=O) groups excluding carboxylic acids is 2. The predicted molar refractivity (Wildman–Crippen MR) is 126 cm³/mol. The molecule has 0 unspecified atom stereocenters. The number of benzene rings is 2. The Labute approximate surface area is 199 Å². The average Bonchev–Trinajstić information content (AvgIpc) is 3.11. The summed E-state index contributed by atoms with van der Waals surface area (Å²) in [7, 11) is 1.34. The number of hydrogen-bond acceptors (Lipinski definition) is 6. The molecule has 2 heterocycles. The number of ketones is 1. The van der Waals surface area contributed by atoms with Crippen LogP contribution in [0.5, 0.6) is 5.88 Å². The number of halogens is 2. The first-order chi connectivity index (χ1) is 15.8. The fraction of sp³-hybridized carbons (Fsp3) is 0.167. The molecule has 7 nitrogen and oxygen atoms in total. The highest BCUT2D eigenvalue weighted by Gasteiger charge is 2.19. The van der Waals surface area contributed by atoms with Gasteiger partial charge in [0, 0.05) is 27.7 Å². The van der Waals surface area contributed by atoms with Gasteiger partial charge in [-0.2, -0.15) is 0 Å². The van der Waals surface area contributed by atoms with Crippen molar-refractivity contribution in [1.29, 1.82) is 0 Å². The zero-order valence-corrected chi connectivity index (χ0v) is 19.6. The van der Waals surface area contributed by atoms with E-state index in [1.165, 1.54) is 13.4 Å². The van der Waals surface area contributed by atoms with Crippen LogP contribution in [0.1, 0.15) is 32.1 Å². The molecule has 0 fully saturated rings. The number of aromatic nitrogens is 3. The fourth-order valence-electron chi connectivity index (χ4n) is 3.70. The first-order valence-corrected chi connectivity index (χ1v) is 10.7. The Balaban J connectivity index is 1.58. The molecule has 4 aromatic rings. The number of methoxy groups -OCH3 is 1. The summed E-state index contributed by atoms with van der Waals surface area (Å²) in [6.07, 6.45) is 1.33. The third kappa shape index (κ3) is 4.42. The molecule has 0 atom stereocenters. The lowest BCUT2D eigenvalue weighted by atomic mass is 10.1. The Bertz CT molecular complexity index is 1380. The van der Waals surface area contributed by atoms with Gasteiger partial charge in [0.1, 0.15) is 6.33 Å². The molecule has 2 aromatic carbocycles. The summed E-state index contributed by atoms with van der Waals surface area (Å²) in [5.74, 6) is -0.388. The monoisotopic (exact) mass is 483 g/mol. The Kier molecular flexibility index (Phi) is 6.35. The number of fused-ring (bicyclic) bond motifs is 1. The molecule has 33 heavy (non-hydrogen) atoms. The highest BCUT2D eigenvalue weighted by molar-refractivity contribution is 6.38. The Morgan fingerprint density at radius 2 is 1.76 bits per heavy atom. The molecule has 0 radical (unpaired) electrons. The van der Waals surface area contributed by atoms with Gasteiger partial charge in [-0.05, 0) is 56.3 Å². The number of ether oxygens (including phenoxy) is 2. The van der Waals surface area contributed by atoms with Gasteiger partial charge in [-0.15, -0.1) is 0 Å². The first kappa shape index (κ1) is 22.8. The molecule has 0 amide bonds. The SMILES string of the molecule is COC(=O)c1ccc(-n2c(C)cc(C(=O)COc3ncnc4c(Cl)cc(Cl)cc34)c2C)cc1. The summed E-state index contributed by atoms with van der Waals surface area (Å²) in [6, 6.07) is 12.0. The van der Waals surface area contributed by atoms with E-state index >= 15 is 0 Å². The smallest absolute Gasteiger partial charge is 0.337 e. The first-order valence-electron chi connectivity index (χ1n) is 9.93. The topological polar surface area (TPSA) is 83.3 Å². The molecular weight excluding hydrogens is 465 g/mol. The normalized spacial score (nSPS) is 10.9. The van der Waals surface area contributed by atoms with E-state index in [1.807, 2.05) is 18.4 Å². The number of hydrogen-bond donors (Lipinski definition) is 0. The van der Waals surface area contributed by atoms with E-state index in [2.05, 4.69) is 9.97 Å². The van der Waals surface area contributed by atoms with Crippen LogP contribution < -0.4 is 4.74 Å². The Hall–Kier alpha value is -3.42. The van der Waals surface area contributed by atoms with Crippen LogP contribution in [0.15, 0.2) is 48.8 Å². The van der Waals surface area contributed by atoms with Crippen LogP contribution in [-0.4, -0.2) is 40.0 Å². The summed E-state index contributed by atoms with van der Waals surface area (Å²) in [4.78, 5) is 33.0. The number of aryl methyl sites for hydroxylation is 1. The molecule has 0 saturated carbocycles. The molecule has 0 aliphatic rings. The molecular formula is C24H19Cl2N3O4. The molecule has 0 bridgehead atoms. The lowest BCUT2D eigenvalue weighted by Crippen LogP contribution is -2.13. The molecule has 168 valence electrons. The van der Waals surface area contributed by atoms with Gasteiger partial charge < -0.3 is 14.0 Å². The number of Topliss-reactive ketones (excluding diaryl/α,β-unsaturated/α-hetero) is 1. The molecule has 9 heteroatoms. The van der Waals surface area contributed by atoms with E-state index in [9.17, 15) is 9.59 Å². The predicted octanol–water partition coefficient (Wildman–Crippen LogP) is 5.39. The zero-order valence-electron chi connectivity index (χ0n) is 18.1. The molecule has 0 N–H and O–H groups in total. The van der Waals surface area contributed by atoms with Gasteiger partial charge >= 0.3 is 5.97 Å². The van der Waals surface area contributed by atoms with Crippen molar-refractivity contribution >= 4 is 45.9 Å². The maximum Gasteiger partial charge on any atom is 0.337 e. The average molecular weight is 484 g/mol. The summed E-state index contributed by atoms with van der Waals surface area (Å²) in [6.45, 7) is 3.54. The quantitative estimate of drug-likeness (QED) is 0.270. The van der Waals surface area contributed by atoms with Gasteiger partial charge in [-0.25, -0.2) is 14.8 Å². The van der Waals surface area contributed by atoms with Gasteiger partial charge in [0.05, 0.1) is 28.6 Å². The van der Waals surface area contributed by atoms with Crippen molar-refractivity contribution < 1.29 is 19.1 Å². The number of esters is 1. The van der Waals surface area contributed by atoms with Crippen LogP contribution in [-0.2, 0) is 4.74 Å². The highest BCUT2D eigenvalue weighted by Crippen LogP contribution is 2.31. The summed E-state index contributed by atoms with van der Waals surface area (Å²) in [5.41, 5.74) is 3.92. The van der Waals surface area contributed by atoms with Gasteiger partial charge in [-0.3, -0.25) is 4.79 Å². The minimum atomic E-state index is -0.407. The Morgan fingerprint density at radius 3 is 2.45 bits per heavy atom. The van der Waals surface area contributed by atoms with E-state index < -0.39 is 5.97 Å². The number of carbonyl (C=O) groups is 2. The summed E-state index contributed by atoms with van der Waals surface area (Å²) in [5, 5.41) is 1.32. The minimum absolute atomic E-state index is 0.208.